The maximum Gasteiger partial charge on any atom is 0.418 e. The van der Waals surface area contributed by atoms with E-state index in [0.29, 0.717) is 24.3 Å². The fourth-order valence-corrected chi connectivity index (χ4v) is 4.47. The number of nitrogens with one attached hydrogen (secondary N) is 3. The van der Waals surface area contributed by atoms with Crippen LogP contribution in [0.2, 0.25) is 5.02 Å². The number of carbonyl (C=O) groups excluding carboxylic acids is 2. The highest BCUT2D eigenvalue weighted by molar-refractivity contribution is 6.31. The minimum atomic E-state index is -4.61. The van der Waals surface area contributed by atoms with E-state index in [1.165, 1.54) is 37.6 Å². The van der Waals surface area contributed by atoms with Crippen LogP contribution >= 0.6 is 11.6 Å². The molecule has 39 heavy (non-hydrogen) atoms. The van der Waals surface area contributed by atoms with Gasteiger partial charge in [0.2, 0.25) is 5.91 Å². The topological polar surface area (TPSA) is 122 Å². The van der Waals surface area contributed by atoms with E-state index in [4.69, 9.17) is 21.1 Å². The van der Waals surface area contributed by atoms with Crippen molar-refractivity contribution in [2.24, 2.45) is 5.41 Å². The van der Waals surface area contributed by atoms with Crippen LogP contribution in [0, 0.1) is 5.41 Å². The lowest BCUT2D eigenvalue weighted by atomic mass is 9.80. The van der Waals surface area contributed by atoms with Crippen molar-refractivity contribution in [3.63, 3.8) is 0 Å². The number of hydrogen-bond acceptors (Lipinski definition) is 7. The SMILES string of the molecule is COc1ccc(Nc2ccc(CNC(=O)[C@]3(CC(=O)c4cn[nH]c(=O)c4)CCOC3)c(Cl)c2)c(C(F)(F)F)c1. The van der Waals surface area contributed by atoms with Gasteiger partial charge in [0.15, 0.2) is 5.78 Å². The van der Waals surface area contributed by atoms with Crippen LogP contribution in [0.15, 0.2) is 53.5 Å². The van der Waals surface area contributed by atoms with E-state index in [9.17, 15) is 27.6 Å². The highest BCUT2D eigenvalue weighted by Gasteiger charge is 2.44. The van der Waals surface area contributed by atoms with Gasteiger partial charge in [0.25, 0.3) is 5.56 Å². The number of halogens is 4. The zero-order valence-electron chi connectivity index (χ0n) is 20.7. The molecule has 13 heteroatoms. The van der Waals surface area contributed by atoms with E-state index in [1.54, 1.807) is 6.07 Å². The van der Waals surface area contributed by atoms with Gasteiger partial charge in [-0.3, -0.25) is 14.4 Å². The van der Waals surface area contributed by atoms with Gasteiger partial charge >= 0.3 is 6.18 Å². The van der Waals surface area contributed by atoms with Gasteiger partial charge in [-0.25, -0.2) is 5.10 Å². The molecular weight excluding hydrogens is 541 g/mol. The Morgan fingerprint density at radius 1 is 1.21 bits per heavy atom. The Labute approximate surface area is 225 Å². The second-order valence-electron chi connectivity index (χ2n) is 9.04. The van der Waals surface area contributed by atoms with E-state index in [-0.39, 0.29) is 41.6 Å². The van der Waals surface area contributed by atoms with Gasteiger partial charge < -0.3 is 20.1 Å². The van der Waals surface area contributed by atoms with Crippen molar-refractivity contribution in [3.05, 3.63) is 80.7 Å². The molecule has 1 aromatic heterocycles. The number of benzene rings is 2. The number of H-pyrrole nitrogens is 1. The van der Waals surface area contributed by atoms with Crippen LogP contribution in [0.3, 0.4) is 0 Å². The average molecular weight is 565 g/mol. The second-order valence-corrected chi connectivity index (χ2v) is 9.45. The average Bonchev–Trinajstić information content (AvgIpc) is 3.37. The van der Waals surface area contributed by atoms with Crippen molar-refractivity contribution in [1.82, 2.24) is 15.5 Å². The van der Waals surface area contributed by atoms with Gasteiger partial charge in [0, 0.05) is 41.9 Å². The molecule has 4 rings (SSSR count). The standard InChI is InChI=1S/C26H24ClF3N4O5/c1-38-18-4-5-21(19(10-18)26(28,29)30)33-17-3-2-15(20(27)9-17)12-31-24(37)25(6-7-39-14-25)11-22(35)16-8-23(36)34-32-13-16/h2-5,8-10,13,33H,6-7,11-12,14H2,1H3,(H,31,37)(H,34,36)/t25-/m0/s1. The van der Waals surface area contributed by atoms with Crippen molar-refractivity contribution in [3.8, 4) is 5.75 Å². The van der Waals surface area contributed by atoms with Crippen molar-refractivity contribution >= 4 is 34.7 Å². The molecule has 1 atom stereocenters. The monoisotopic (exact) mass is 564 g/mol. The summed E-state index contributed by atoms with van der Waals surface area (Å²) in [5.41, 5.74) is -1.82. The lowest BCUT2D eigenvalue weighted by Crippen LogP contribution is -2.42. The molecule has 0 saturated carbocycles. The van der Waals surface area contributed by atoms with Crippen molar-refractivity contribution in [2.75, 3.05) is 25.6 Å². The minimum absolute atomic E-state index is 0.0107. The minimum Gasteiger partial charge on any atom is -0.497 e. The summed E-state index contributed by atoms with van der Waals surface area (Å²) < 4.78 is 50.9. The normalized spacial score (nSPS) is 17.1. The van der Waals surface area contributed by atoms with E-state index in [2.05, 4.69) is 20.8 Å². The Bertz CT molecular complexity index is 1440. The van der Waals surface area contributed by atoms with Crippen LogP contribution < -0.4 is 20.9 Å². The number of carbonyl (C=O) groups is 2. The number of rotatable bonds is 9. The molecule has 0 spiro atoms. The van der Waals surface area contributed by atoms with E-state index in [1.807, 2.05) is 0 Å². The predicted octanol–water partition coefficient (Wildman–Crippen LogP) is 4.49. The largest absolute Gasteiger partial charge is 0.497 e. The number of amides is 1. The summed E-state index contributed by atoms with van der Waals surface area (Å²) in [6, 6.07) is 9.25. The lowest BCUT2D eigenvalue weighted by Gasteiger charge is -2.25. The number of hydrogen-bond donors (Lipinski definition) is 3. The molecule has 2 aromatic carbocycles. The van der Waals surface area contributed by atoms with Crippen LogP contribution in [0.5, 0.6) is 5.75 Å². The Balaban J connectivity index is 1.45. The van der Waals surface area contributed by atoms with Gasteiger partial charge in [-0.1, -0.05) is 17.7 Å². The van der Waals surface area contributed by atoms with Crippen LogP contribution in [0.4, 0.5) is 24.5 Å². The maximum atomic E-state index is 13.5. The summed E-state index contributed by atoms with van der Waals surface area (Å²) in [7, 11) is 1.28. The van der Waals surface area contributed by atoms with Gasteiger partial charge in [-0.05, 0) is 42.3 Å². The van der Waals surface area contributed by atoms with Crippen LogP contribution in [0.1, 0.15) is 34.3 Å². The van der Waals surface area contributed by atoms with Crippen LogP contribution in [-0.2, 0) is 22.3 Å². The Morgan fingerprint density at radius 3 is 2.64 bits per heavy atom. The van der Waals surface area contributed by atoms with E-state index < -0.39 is 34.4 Å². The first-order valence-electron chi connectivity index (χ1n) is 11.8. The van der Waals surface area contributed by atoms with Gasteiger partial charge in [-0.2, -0.15) is 18.3 Å². The first-order valence-corrected chi connectivity index (χ1v) is 12.1. The molecule has 0 unspecified atom stereocenters. The van der Waals surface area contributed by atoms with Crippen molar-refractivity contribution < 1.29 is 32.2 Å². The third-order valence-electron chi connectivity index (χ3n) is 6.37. The van der Waals surface area contributed by atoms with Crippen LogP contribution in [-0.4, -0.2) is 42.2 Å². The highest BCUT2D eigenvalue weighted by Crippen LogP contribution is 2.39. The first kappa shape index (κ1) is 28.1. The summed E-state index contributed by atoms with van der Waals surface area (Å²) in [5, 5.41) is 11.5. The number of Topliss-reactive ketones (excluding diaryl/α,β-unsaturated/α-hetero) is 1. The fraction of sp³-hybridized carbons (Fsp3) is 0.308. The summed E-state index contributed by atoms with van der Waals surface area (Å²) in [6.45, 7) is 0.332. The summed E-state index contributed by atoms with van der Waals surface area (Å²) in [4.78, 5) is 37.4. The molecule has 1 fully saturated rings. The number of ketones is 1. The number of methoxy groups -OCH3 is 1. The quantitative estimate of drug-likeness (QED) is 0.327. The molecule has 0 radical (unpaired) electrons. The zero-order valence-corrected chi connectivity index (χ0v) is 21.4. The number of nitrogens with zero attached hydrogens (tertiary/aromatic N) is 1. The number of alkyl halides is 3. The molecule has 1 amide bonds. The molecular formula is C26H24ClF3N4O5. The predicted molar refractivity (Wildman–Crippen MR) is 136 cm³/mol. The summed E-state index contributed by atoms with van der Waals surface area (Å²) in [6.07, 6.45) is -3.26. The Kier molecular flexibility index (Phi) is 8.26. The van der Waals surface area contributed by atoms with Gasteiger partial charge in [-0.15, -0.1) is 0 Å². The Morgan fingerprint density at radius 2 is 2.00 bits per heavy atom. The molecule has 0 aliphatic carbocycles. The Hall–Kier alpha value is -3.90. The zero-order chi connectivity index (χ0) is 28.2. The number of aromatic amines is 1. The third kappa shape index (κ3) is 6.58. The van der Waals surface area contributed by atoms with Gasteiger partial charge in [0.1, 0.15) is 5.75 Å². The molecule has 9 nitrogen and oxygen atoms in total. The molecule has 1 saturated heterocycles. The molecule has 1 aliphatic heterocycles. The van der Waals surface area contributed by atoms with Gasteiger partial charge in [0.05, 0.1) is 36.6 Å². The van der Waals surface area contributed by atoms with E-state index >= 15 is 0 Å². The van der Waals surface area contributed by atoms with E-state index in [0.717, 1.165) is 12.1 Å². The molecule has 2 heterocycles. The van der Waals surface area contributed by atoms with Crippen LogP contribution in [0.25, 0.3) is 0 Å². The maximum absolute atomic E-state index is 13.5. The van der Waals surface area contributed by atoms with Crippen molar-refractivity contribution in [1.29, 1.82) is 0 Å². The third-order valence-corrected chi connectivity index (χ3v) is 6.73. The second kappa shape index (κ2) is 11.5. The highest BCUT2D eigenvalue weighted by atomic mass is 35.5. The number of aromatic nitrogens is 2. The number of anilines is 2. The van der Waals surface area contributed by atoms with Crippen molar-refractivity contribution in [2.45, 2.75) is 25.6 Å². The summed E-state index contributed by atoms with van der Waals surface area (Å²) in [5.74, 6) is -0.768. The smallest absolute Gasteiger partial charge is 0.418 e. The first-order chi connectivity index (χ1) is 18.5. The molecule has 206 valence electrons. The molecule has 3 aromatic rings. The lowest BCUT2D eigenvalue weighted by molar-refractivity contribution is -0.137. The molecule has 1 aliphatic rings. The summed E-state index contributed by atoms with van der Waals surface area (Å²) >= 11 is 6.38. The fourth-order valence-electron chi connectivity index (χ4n) is 4.22. The molecule has 0 bridgehead atoms. The number of ether oxygens (including phenoxy) is 2. The molecule has 3 N–H and O–H groups in total.